The first-order valence-electron chi connectivity index (χ1n) is 10.3. The third-order valence-electron chi connectivity index (χ3n) is 6.10. The molecular formula is C26H19N3O2. The summed E-state index contributed by atoms with van der Waals surface area (Å²) in [5, 5.41) is 6.61. The largest absolute Gasteiger partial charge is 0.339 e. The summed E-state index contributed by atoms with van der Waals surface area (Å²) in [6, 6.07) is 25.1. The minimum Gasteiger partial charge on any atom is -0.339 e. The third kappa shape index (κ3) is 2.50. The summed E-state index contributed by atoms with van der Waals surface area (Å²) >= 11 is 0. The Bertz CT molecular complexity index is 1460. The van der Waals surface area contributed by atoms with Gasteiger partial charge in [0.15, 0.2) is 5.78 Å². The molecule has 3 aromatic carbocycles. The van der Waals surface area contributed by atoms with E-state index in [0.717, 1.165) is 28.1 Å². The van der Waals surface area contributed by atoms with Gasteiger partial charge in [0.05, 0.1) is 16.9 Å². The zero-order valence-electron chi connectivity index (χ0n) is 16.8. The molecule has 31 heavy (non-hydrogen) atoms. The van der Waals surface area contributed by atoms with Gasteiger partial charge >= 0.3 is 0 Å². The predicted molar refractivity (Wildman–Crippen MR) is 121 cm³/mol. The van der Waals surface area contributed by atoms with Crippen LogP contribution < -0.4 is 10.9 Å². The number of nitrogens with zero attached hydrogens (tertiary/aromatic N) is 1. The van der Waals surface area contributed by atoms with E-state index in [9.17, 15) is 9.59 Å². The van der Waals surface area contributed by atoms with E-state index in [1.807, 2.05) is 79.7 Å². The van der Waals surface area contributed by atoms with Crippen molar-refractivity contribution < 1.29 is 4.79 Å². The van der Waals surface area contributed by atoms with Crippen molar-refractivity contribution in [2.24, 2.45) is 0 Å². The Morgan fingerprint density at radius 3 is 2.35 bits per heavy atom. The standard InChI is InChI=1S/C26H19N3O2/c1-15-8-7-9-16(14-15)20-21-23(18-12-5-6-13-19(18)24(21)30)27-25-22(20)26(31)29(28-25)17-10-3-2-4-11-17/h2-14,20,27-28H,1H3/t20-/m0/s1. The van der Waals surface area contributed by atoms with Crippen molar-refractivity contribution in [2.45, 2.75) is 12.8 Å². The van der Waals surface area contributed by atoms with Crippen molar-refractivity contribution in [1.82, 2.24) is 9.78 Å². The zero-order chi connectivity index (χ0) is 21.1. The summed E-state index contributed by atoms with van der Waals surface area (Å²) in [4.78, 5) is 27.1. The lowest BCUT2D eigenvalue weighted by Gasteiger charge is -2.25. The Balaban J connectivity index is 1.63. The van der Waals surface area contributed by atoms with Gasteiger partial charge in [-0.1, -0.05) is 72.3 Å². The fourth-order valence-electron chi connectivity index (χ4n) is 4.74. The van der Waals surface area contributed by atoms with Gasteiger partial charge in [0.25, 0.3) is 5.56 Å². The number of benzene rings is 3. The summed E-state index contributed by atoms with van der Waals surface area (Å²) < 4.78 is 1.54. The molecule has 1 aliphatic heterocycles. The number of aromatic amines is 1. The molecule has 0 saturated carbocycles. The summed E-state index contributed by atoms with van der Waals surface area (Å²) in [6.07, 6.45) is 0. The number of ketones is 1. The van der Waals surface area contributed by atoms with Crippen LogP contribution in [0.3, 0.4) is 0 Å². The average Bonchev–Trinajstić information content (AvgIpc) is 3.28. The molecule has 6 rings (SSSR count). The van der Waals surface area contributed by atoms with Crippen LogP contribution in [0.1, 0.15) is 38.5 Å². The van der Waals surface area contributed by atoms with Crippen molar-refractivity contribution in [3.63, 3.8) is 0 Å². The molecule has 1 aliphatic carbocycles. The van der Waals surface area contributed by atoms with Crippen LogP contribution in [0.2, 0.25) is 0 Å². The predicted octanol–water partition coefficient (Wildman–Crippen LogP) is 4.64. The Labute approximate surface area is 178 Å². The summed E-state index contributed by atoms with van der Waals surface area (Å²) in [7, 11) is 0. The van der Waals surface area contributed by atoms with E-state index in [-0.39, 0.29) is 11.3 Å². The number of carbonyl (C=O) groups is 1. The molecule has 1 atom stereocenters. The number of para-hydroxylation sites is 1. The molecule has 4 aromatic rings. The first-order valence-corrected chi connectivity index (χ1v) is 10.3. The second-order valence-electron chi connectivity index (χ2n) is 8.01. The molecule has 0 saturated heterocycles. The van der Waals surface area contributed by atoms with Gasteiger partial charge in [0.2, 0.25) is 0 Å². The summed E-state index contributed by atoms with van der Waals surface area (Å²) in [5.74, 6) is 0.158. The lowest BCUT2D eigenvalue weighted by molar-refractivity contribution is 0.103. The molecule has 0 amide bonds. The molecule has 1 aromatic heterocycles. The highest BCUT2D eigenvalue weighted by Crippen LogP contribution is 2.47. The van der Waals surface area contributed by atoms with Crippen molar-refractivity contribution >= 4 is 17.3 Å². The smallest absolute Gasteiger partial charge is 0.277 e. The van der Waals surface area contributed by atoms with Crippen LogP contribution in [0.4, 0.5) is 5.82 Å². The van der Waals surface area contributed by atoms with Crippen LogP contribution in [0.15, 0.2) is 89.2 Å². The molecule has 5 heteroatoms. The summed E-state index contributed by atoms with van der Waals surface area (Å²) in [5.41, 5.74) is 6.14. The number of Topliss-reactive ketones (excluding diaryl/α,β-unsaturated/α-hetero) is 1. The molecule has 2 heterocycles. The molecule has 0 bridgehead atoms. The van der Waals surface area contributed by atoms with Crippen LogP contribution in [-0.4, -0.2) is 15.6 Å². The number of aryl methyl sites for hydroxylation is 1. The SMILES string of the molecule is Cc1cccc([C@H]2C3=C(Nc4[nH]n(-c5ccccc5)c(=O)c42)c2ccccc2C3=O)c1. The number of hydrogen-bond donors (Lipinski definition) is 2. The van der Waals surface area contributed by atoms with E-state index in [1.165, 1.54) is 0 Å². The molecule has 0 radical (unpaired) electrons. The minimum absolute atomic E-state index is 0.0258. The maximum Gasteiger partial charge on any atom is 0.277 e. The number of allylic oxidation sites excluding steroid dienone is 1. The van der Waals surface area contributed by atoms with Crippen molar-refractivity contribution in [3.05, 3.63) is 123 Å². The van der Waals surface area contributed by atoms with Gasteiger partial charge in [-0.2, -0.15) is 0 Å². The van der Waals surface area contributed by atoms with Gasteiger partial charge in [-0.15, -0.1) is 0 Å². The Hall–Kier alpha value is -4.12. The van der Waals surface area contributed by atoms with Gasteiger partial charge in [0.1, 0.15) is 5.82 Å². The normalized spacial score (nSPS) is 16.5. The molecule has 0 fully saturated rings. The highest BCUT2D eigenvalue weighted by Gasteiger charge is 2.42. The number of fused-ring (bicyclic) bond motifs is 3. The molecule has 150 valence electrons. The van der Waals surface area contributed by atoms with E-state index >= 15 is 0 Å². The lowest BCUT2D eigenvalue weighted by Crippen LogP contribution is -2.25. The van der Waals surface area contributed by atoms with E-state index < -0.39 is 5.92 Å². The first-order chi connectivity index (χ1) is 15.1. The number of nitrogens with one attached hydrogen (secondary N) is 2. The molecule has 0 unspecified atom stereocenters. The number of H-pyrrole nitrogens is 1. The van der Waals surface area contributed by atoms with E-state index in [0.29, 0.717) is 22.5 Å². The Kier molecular flexibility index (Phi) is 3.68. The van der Waals surface area contributed by atoms with Gasteiger partial charge < -0.3 is 5.32 Å². The van der Waals surface area contributed by atoms with Gasteiger partial charge in [-0.05, 0) is 24.6 Å². The average molecular weight is 405 g/mol. The molecule has 2 aliphatic rings. The third-order valence-corrected chi connectivity index (χ3v) is 6.10. The quantitative estimate of drug-likeness (QED) is 0.511. The van der Waals surface area contributed by atoms with Crippen LogP contribution in [0, 0.1) is 6.92 Å². The summed E-state index contributed by atoms with van der Waals surface area (Å²) in [6.45, 7) is 2.02. The second-order valence-corrected chi connectivity index (χ2v) is 8.01. The molecular weight excluding hydrogens is 386 g/mol. The fraction of sp³-hybridized carbons (Fsp3) is 0.0769. The molecule has 0 spiro atoms. The van der Waals surface area contributed by atoms with Crippen LogP contribution in [0.25, 0.3) is 11.4 Å². The lowest BCUT2D eigenvalue weighted by atomic mass is 9.81. The van der Waals surface area contributed by atoms with Gasteiger partial charge in [-0.3, -0.25) is 14.7 Å². The van der Waals surface area contributed by atoms with Crippen molar-refractivity contribution in [1.29, 1.82) is 0 Å². The maximum absolute atomic E-state index is 13.6. The van der Waals surface area contributed by atoms with E-state index in [1.54, 1.807) is 4.68 Å². The monoisotopic (exact) mass is 405 g/mol. The van der Waals surface area contributed by atoms with Crippen molar-refractivity contribution in [3.8, 4) is 5.69 Å². The van der Waals surface area contributed by atoms with Gasteiger partial charge in [-0.25, -0.2) is 4.68 Å². The van der Waals surface area contributed by atoms with E-state index in [4.69, 9.17) is 0 Å². The van der Waals surface area contributed by atoms with Crippen LogP contribution in [0.5, 0.6) is 0 Å². The Morgan fingerprint density at radius 1 is 0.839 bits per heavy atom. The van der Waals surface area contributed by atoms with Crippen LogP contribution in [-0.2, 0) is 0 Å². The number of anilines is 1. The van der Waals surface area contributed by atoms with E-state index in [2.05, 4.69) is 16.5 Å². The molecule has 5 nitrogen and oxygen atoms in total. The number of rotatable bonds is 2. The number of carbonyl (C=O) groups excluding carboxylic acids is 1. The molecule has 2 N–H and O–H groups in total. The topological polar surface area (TPSA) is 66.9 Å². The van der Waals surface area contributed by atoms with Gasteiger partial charge in [0, 0.05) is 22.6 Å². The number of aromatic nitrogens is 2. The fourth-order valence-corrected chi connectivity index (χ4v) is 4.74. The maximum atomic E-state index is 13.6. The number of hydrogen-bond acceptors (Lipinski definition) is 3. The minimum atomic E-state index is -0.445. The van der Waals surface area contributed by atoms with Crippen molar-refractivity contribution in [2.75, 3.05) is 5.32 Å². The zero-order valence-corrected chi connectivity index (χ0v) is 16.8. The Morgan fingerprint density at radius 2 is 1.58 bits per heavy atom. The highest BCUT2D eigenvalue weighted by molar-refractivity contribution is 6.23. The second kappa shape index (κ2) is 6.44. The first kappa shape index (κ1) is 17.7. The van der Waals surface area contributed by atoms with Crippen LogP contribution >= 0.6 is 0 Å². The highest BCUT2D eigenvalue weighted by atomic mass is 16.1.